The lowest BCUT2D eigenvalue weighted by Crippen LogP contribution is -2.33. The summed E-state index contributed by atoms with van der Waals surface area (Å²) >= 11 is 0. The largest absolute Gasteiger partial charge is 0.478 e. The molecule has 1 fully saturated rings. The quantitative estimate of drug-likeness (QED) is 0.522. The molecule has 1 saturated heterocycles. The highest BCUT2D eigenvalue weighted by atomic mass is 16.6. The van der Waals surface area contributed by atoms with Gasteiger partial charge in [0, 0.05) is 33.3 Å². The number of carbonyl (C=O) groups excluding carboxylic acids is 1. The topological polar surface area (TPSA) is 131 Å². The van der Waals surface area contributed by atoms with Crippen LogP contribution in [-0.4, -0.2) is 66.8 Å². The molecule has 0 bridgehead atoms. The zero-order chi connectivity index (χ0) is 18.6. The van der Waals surface area contributed by atoms with Crippen LogP contribution in [0.15, 0.2) is 12.1 Å². The van der Waals surface area contributed by atoms with E-state index in [1.54, 1.807) is 0 Å². The molecular formula is C15H19N3O7. The van der Waals surface area contributed by atoms with E-state index >= 15 is 0 Å². The van der Waals surface area contributed by atoms with Gasteiger partial charge < -0.3 is 24.8 Å². The third-order valence-corrected chi connectivity index (χ3v) is 3.67. The van der Waals surface area contributed by atoms with Crippen LogP contribution in [0.25, 0.3) is 0 Å². The molecule has 1 atom stereocenters. The average molecular weight is 353 g/mol. The van der Waals surface area contributed by atoms with E-state index in [-0.39, 0.29) is 23.1 Å². The molecule has 2 N–H and O–H groups in total. The van der Waals surface area contributed by atoms with Crippen LogP contribution in [0.3, 0.4) is 0 Å². The molecule has 1 amide bonds. The first-order valence-electron chi connectivity index (χ1n) is 7.53. The van der Waals surface area contributed by atoms with E-state index in [9.17, 15) is 24.8 Å². The van der Waals surface area contributed by atoms with Crippen molar-refractivity contribution >= 4 is 23.3 Å². The number of anilines is 1. The van der Waals surface area contributed by atoms with Crippen LogP contribution in [0.2, 0.25) is 0 Å². The number of ether oxygens (including phenoxy) is 2. The van der Waals surface area contributed by atoms with Gasteiger partial charge in [-0.2, -0.15) is 0 Å². The third-order valence-electron chi connectivity index (χ3n) is 3.67. The highest BCUT2D eigenvalue weighted by Crippen LogP contribution is 2.37. The van der Waals surface area contributed by atoms with Gasteiger partial charge in [-0.25, -0.2) is 4.79 Å². The van der Waals surface area contributed by atoms with Crippen molar-refractivity contribution in [3.05, 3.63) is 27.8 Å². The molecule has 0 spiro atoms. The van der Waals surface area contributed by atoms with Crippen molar-refractivity contribution in [2.75, 3.05) is 39.2 Å². The number of carboxylic acids is 1. The minimum Gasteiger partial charge on any atom is -0.478 e. The first kappa shape index (κ1) is 18.5. The second-order valence-corrected chi connectivity index (χ2v) is 5.67. The number of likely N-dealkylation sites (N-methyl/N-ethyl adjacent to an activating group) is 1. The number of aromatic carboxylic acids is 1. The number of benzene rings is 1. The number of amides is 1. The minimum absolute atomic E-state index is 0.00713. The SMILES string of the molecule is CN(C)C(=O)COc1cc(C(=O)O)cc(NC[C@@H]2CCO2)c1[N+](=O)[O-]. The highest BCUT2D eigenvalue weighted by Gasteiger charge is 2.27. The number of hydrogen-bond donors (Lipinski definition) is 2. The van der Waals surface area contributed by atoms with Crippen molar-refractivity contribution in [1.82, 2.24) is 4.90 Å². The van der Waals surface area contributed by atoms with Gasteiger partial charge in [-0.05, 0) is 12.5 Å². The van der Waals surface area contributed by atoms with Crippen molar-refractivity contribution in [1.29, 1.82) is 0 Å². The summed E-state index contributed by atoms with van der Waals surface area (Å²) in [5.41, 5.74) is -0.599. The fraction of sp³-hybridized carbons (Fsp3) is 0.467. The van der Waals surface area contributed by atoms with Crippen LogP contribution in [0, 0.1) is 10.1 Å². The average Bonchev–Trinajstić information content (AvgIpc) is 2.49. The number of nitro benzene ring substituents is 1. The maximum Gasteiger partial charge on any atom is 0.335 e. The number of rotatable bonds is 8. The monoisotopic (exact) mass is 353 g/mol. The highest BCUT2D eigenvalue weighted by molar-refractivity contribution is 5.91. The lowest BCUT2D eigenvalue weighted by molar-refractivity contribution is -0.384. The lowest BCUT2D eigenvalue weighted by atomic mass is 10.1. The Hall–Kier alpha value is -2.88. The van der Waals surface area contributed by atoms with Crippen LogP contribution in [0.1, 0.15) is 16.8 Å². The maximum atomic E-state index is 11.6. The molecule has 136 valence electrons. The Morgan fingerprint density at radius 3 is 2.64 bits per heavy atom. The van der Waals surface area contributed by atoms with E-state index in [4.69, 9.17) is 9.47 Å². The van der Waals surface area contributed by atoms with Gasteiger partial charge in [0.05, 0.1) is 16.6 Å². The first-order valence-corrected chi connectivity index (χ1v) is 7.53. The number of nitrogens with zero attached hydrogens (tertiary/aromatic N) is 2. The van der Waals surface area contributed by atoms with Crippen molar-refractivity contribution in [3.63, 3.8) is 0 Å². The Bertz CT molecular complexity index is 686. The van der Waals surface area contributed by atoms with Crippen LogP contribution in [-0.2, 0) is 9.53 Å². The molecule has 2 rings (SSSR count). The van der Waals surface area contributed by atoms with Gasteiger partial charge in [-0.15, -0.1) is 0 Å². The second-order valence-electron chi connectivity index (χ2n) is 5.67. The van der Waals surface area contributed by atoms with Gasteiger partial charge >= 0.3 is 11.7 Å². The van der Waals surface area contributed by atoms with Crippen molar-refractivity contribution in [3.8, 4) is 5.75 Å². The van der Waals surface area contributed by atoms with Crippen molar-refractivity contribution in [2.24, 2.45) is 0 Å². The summed E-state index contributed by atoms with van der Waals surface area (Å²) in [6.45, 7) is 0.493. The zero-order valence-electron chi connectivity index (χ0n) is 13.9. The molecule has 25 heavy (non-hydrogen) atoms. The van der Waals surface area contributed by atoms with Gasteiger partial charge in [0.25, 0.3) is 5.91 Å². The van der Waals surface area contributed by atoms with E-state index in [0.717, 1.165) is 12.5 Å². The fourth-order valence-electron chi connectivity index (χ4n) is 2.10. The summed E-state index contributed by atoms with van der Waals surface area (Å²) in [6.07, 6.45) is 0.743. The molecule has 1 heterocycles. The van der Waals surface area contributed by atoms with Crippen LogP contribution >= 0.6 is 0 Å². The number of carboxylic acid groups (broad SMARTS) is 1. The van der Waals surface area contributed by atoms with E-state index in [0.29, 0.717) is 13.2 Å². The van der Waals surface area contributed by atoms with Crippen molar-refractivity contribution in [2.45, 2.75) is 12.5 Å². The molecule has 0 aliphatic carbocycles. The molecule has 1 aliphatic heterocycles. The molecule has 10 heteroatoms. The Labute approximate surface area is 143 Å². The Morgan fingerprint density at radius 1 is 1.48 bits per heavy atom. The predicted octanol–water partition coefficient (Wildman–Crippen LogP) is 0.961. The van der Waals surface area contributed by atoms with Gasteiger partial charge in [0.15, 0.2) is 6.61 Å². The van der Waals surface area contributed by atoms with Crippen molar-refractivity contribution < 1.29 is 29.1 Å². The Balaban J connectivity index is 2.32. The van der Waals surface area contributed by atoms with E-state index in [2.05, 4.69) is 5.32 Å². The third kappa shape index (κ3) is 4.57. The molecule has 0 radical (unpaired) electrons. The summed E-state index contributed by atoms with van der Waals surface area (Å²) in [5, 5.41) is 23.5. The Kier molecular flexibility index (Phi) is 5.75. The summed E-state index contributed by atoms with van der Waals surface area (Å²) in [6, 6.07) is 2.20. The number of nitrogens with one attached hydrogen (secondary N) is 1. The van der Waals surface area contributed by atoms with Crippen LogP contribution in [0.5, 0.6) is 5.75 Å². The molecule has 0 unspecified atom stereocenters. The number of carbonyl (C=O) groups is 2. The molecule has 1 aromatic carbocycles. The Morgan fingerprint density at radius 2 is 2.16 bits per heavy atom. The fourth-order valence-corrected chi connectivity index (χ4v) is 2.10. The minimum atomic E-state index is -1.26. The molecule has 1 aromatic rings. The maximum absolute atomic E-state index is 11.6. The van der Waals surface area contributed by atoms with E-state index < -0.39 is 29.1 Å². The first-order chi connectivity index (χ1) is 11.8. The molecular weight excluding hydrogens is 334 g/mol. The molecule has 10 nitrogen and oxygen atoms in total. The van der Waals surface area contributed by atoms with Gasteiger partial charge in [0.2, 0.25) is 5.75 Å². The summed E-state index contributed by atoms with van der Waals surface area (Å²) in [4.78, 5) is 35.0. The molecule has 0 saturated carbocycles. The van der Waals surface area contributed by atoms with Crippen LogP contribution in [0.4, 0.5) is 11.4 Å². The number of hydrogen-bond acceptors (Lipinski definition) is 7. The second kappa shape index (κ2) is 7.79. The summed E-state index contributed by atoms with van der Waals surface area (Å²) in [7, 11) is 3.03. The smallest absolute Gasteiger partial charge is 0.335 e. The standard InChI is InChI=1S/C15H19N3O7/c1-17(2)13(19)8-25-12-6-9(15(20)21)5-11(14(12)18(22)23)16-7-10-3-4-24-10/h5-6,10,16H,3-4,7-8H2,1-2H3,(H,20,21)/t10-/m0/s1. The summed E-state index contributed by atoms with van der Waals surface area (Å²) in [5.74, 6) is -1.95. The normalized spacial score (nSPS) is 15.8. The van der Waals surface area contributed by atoms with Gasteiger partial charge in [-0.1, -0.05) is 0 Å². The van der Waals surface area contributed by atoms with Crippen LogP contribution < -0.4 is 10.1 Å². The van der Waals surface area contributed by atoms with E-state index in [1.807, 2.05) is 0 Å². The van der Waals surface area contributed by atoms with E-state index in [1.165, 1.54) is 25.1 Å². The molecule has 0 aromatic heterocycles. The number of nitro groups is 1. The van der Waals surface area contributed by atoms with Gasteiger partial charge in [0.1, 0.15) is 5.69 Å². The lowest BCUT2D eigenvalue weighted by Gasteiger charge is -2.27. The predicted molar refractivity (Wildman–Crippen MR) is 87.1 cm³/mol. The zero-order valence-corrected chi connectivity index (χ0v) is 13.9. The summed E-state index contributed by atoms with van der Waals surface area (Å²) < 4.78 is 10.5. The molecule has 1 aliphatic rings. The van der Waals surface area contributed by atoms with Gasteiger partial charge in [-0.3, -0.25) is 14.9 Å².